The van der Waals surface area contributed by atoms with Gasteiger partial charge >= 0.3 is 0 Å². The van der Waals surface area contributed by atoms with Gasteiger partial charge in [-0.15, -0.1) is 11.3 Å². The maximum atomic E-state index is 6.06. The van der Waals surface area contributed by atoms with Crippen LogP contribution >= 0.6 is 11.3 Å². The molecule has 1 unspecified atom stereocenters. The summed E-state index contributed by atoms with van der Waals surface area (Å²) in [4.78, 5) is 10.1. The lowest BCUT2D eigenvalue weighted by molar-refractivity contribution is 0.336. The number of fused-ring (bicyclic) bond motifs is 1. The first-order chi connectivity index (χ1) is 13.0. The minimum absolute atomic E-state index is 0.0437. The van der Waals surface area contributed by atoms with E-state index in [0.29, 0.717) is 19.1 Å². The standard InChI is InChI=1S/C20H26N4O2S/c1-6-25-16-9-7-8-15-10-17(26-19(15)16)13(3)24-20(21-5)22-11-18-23-12(2)14(4)27-18/h7-10,13H,6,11H2,1-5H3,(H2,21,22,24). The van der Waals surface area contributed by atoms with Crippen molar-refractivity contribution in [2.45, 2.75) is 40.3 Å². The van der Waals surface area contributed by atoms with Gasteiger partial charge in [-0.25, -0.2) is 4.98 Å². The highest BCUT2D eigenvalue weighted by atomic mass is 32.1. The van der Waals surface area contributed by atoms with E-state index in [2.05, 4.69) is 27.5 Å². The van der Waals surface area contributed by atoms with Gasteiger partial charge in [-0.1, -0.05) is 12.1 Å². The lowest BCUT2D eigenvalue weighted by Crippen LogP contribution is -2.38. The average molecular weight is 387 g/mol. The first-order valence-electron chi connectivity index (χ1n) is 9.07. The van der Waals surface area contributed by atoms with Crippen LogP contribution in [0.25, 0.3) is 11.0 Å². The number of aryl methyl sites for hydroxylation is 2. The molecule has 0 aliphatic rings. The normalized spacial score (nSPS) is 13.0. The molecule has 2 aromatic heterocycles. The number of rotatable bonds is 6. The second kappa shape index (κ2) is 8.43. The van der Waals surface area contributed by atoms with Crippen LogP contribution in [0.3, 0.4) is 0 Å². The molecule has 27 heavy (non-hydrogen) atoms. The Kier molecular flexibility index (Phi) is 6.01. The van der Waals surface area contributed by atoms with E-state index in [1.54, 1.807) is 18.4 Å². The predicted octanol–water partition coefficient (Wildman–Crippen LogP) is 4.33. The molecule has 0 radical (unpaired) electrons. The van der Waals surface area contributed by atoms with E-state index in [4.69, 9.17) is 9.15 Å². The summed E-state index contributed by atoms with van der Waals surface area (Å²) < 4.78 is 11.7. The van der Waals surface area contributed by atoms with Crippen molar-refractivity contribution in [1.82, 2.24) is 15.6 Å². The molecule has 2 heterocycles. The fourth-order valence-corrected chi connectivity index (χ4v) is 3.66. The van der Waals surface area contributed by atoms with Gasteiger partial charge in [0.2, 0.25) is 0 Å². The van der Waals surface area contributed by atoms with Crippen LogP contribution in [0.1, 0.15) is 41.2 Å². The third-order valence-electron chi connectivity index (χ3n) is 4.31. The third kappa shape index (κ3) is 4.42. The van der Waals surface area contributed by atoms with Gasteiger partial charge in [0.15, 0.2) is 17.3 Å². The number of para-hydroxylation sites is 1. The van der Waals surface area contributed by atoms with Gasteiger partial charge in [0.05, 0.1) is 24.9 Å². The molecule has 0 amide bonds. The van der Waals surface area contributed by atoms with E-state index in [1.807, 2.05) is 45.0 Å². The summed E-state index contributed by atoms with van der Waals surface area (Å²) in [6.07, 6.45) is 0. The first kappa shape index (κ1) is 19.2. The number of hydrogen-bond acceptors (Lipinski definition) is 5. The molecule has 2 N–H and O–H groups in total. The number of ether oxygens (including phenoxy) is 1. The van der Waals surface area contributed by atoms with Crippen molar-refractivity contribution in [2.75, 3.05) is 13.7 Å². The van der Waals surface area contributed by atoms with Gasteiger partial charge in [-0.05, 0) is 39.8 Å². The van der Waals surface area contributed by atoms with Crippen LogP contribution in [0.5, 0.6) is 5.75 Å². The summed E-state index contributed by atoms with van der Waals surface area (Å²) in [5.74, 6) is 2.31. The molecule has 144 valence electrons. The Hall–Kier alpha value is -2.54. The third-order valence-corrected chi connectivity index (χ3v) is 5.38. The molecule has 0 saturated heterocycles. The van der Waals surface area contributed by atoms with Crippen molar-refractivity contribution in [3.8, 4) is 5.75 Å². The van der Waals surface area contributed by atoms with Crippen LogP contribution < -0.4 is 15.4 Å². The molecule has 1 aromatic carbocycles. The molecular weight excluding hydrogens is 360 g/mol. The number of nitrogens with zero attached hydrogens (tertiary/aromatic N) is 2. The molecule has 3 aromatic rings. The number of aromatic nitrogens is 1. The highest BCUT2D eigenvalue weighted by molar-refractivity contribution is 7.11. The molecule has 0 fully saturated rings. The van der Waals surface area contributed by atoms with E-state index in [-0.39, 0.29) is 6.04 Å². The van der Waals surface area contributed by atoms with Crippen molar-refractivity contribution in [2.24, 2.45) is 4.99 Å². The Labute approximate surface area is 163 Å². The predicted molar refractivity (Wildman–Crippen MR) is 111 cm³/mol. The van der Waals surface area contributed by atoms with Gasteiger partial charge in [-0.2, -0.15) is 0 Å². The number of guanidine groups is 1. The molecule has 3 rings (SSSR count). The molecule has 0 saturated carbocycles. The molecule has 7 heteroatoms. The van der Waals surface area contributed by atoms with E-state index in [0.717, 1.165) is 33.2 Å². The van der Waals surface area contributed by atoms with Gasteiger partial charge in [0.25, 0.3) is 0 Å². The Morgan fingerprint density at radius 3 is 2.85 bits per heavy atom. The second-order valence-corrected chi connectivity index (χ2v) is 7.59. The summed E-state index contributed by atoms with van der Waals surface area (Å²) >= 11 is 1.70. The Bertz CT molecular complexity index is 925. The van der Waals surface area contributed by atoms with Crippen molar-refractivity contribution >= 4 is 28.3 Å². The van der Waals surface area contributed by atoms with Gasteiger partial charge < -0.3 is 19.8 Å². The van der Waals surface area contributed by atoms with Crippen LogP contribution in [0, 0.1) is 13.8 Å². The molecular formula is C20H26N4O2S. The lowest BCUT2D eigenvalue weighted by atomic mass is 10.2. The maximum Gasteiger partial charge on any atom is 0.191 e. The highest BCUT2D eigenvalue weighted by Crippen LogP contribution is 2.31. The van der Waals surface area contributed by atoms with Crippen LogP contribution in [0.2, 0.25) is 0 Å². The van der Waals surface area contributed by atoms with Crippen molar-refractivity contribution in [3.63, 3.8) is 0 Å². The largest absolute Gasteiger partial charge is 0.490 e. The zero-order valence-electron chi connectivity index (χ0n) is 16.4. The SMILES string of the molecule is CCOc1cccc2cc(C(C)NC(=NC)NCc3nc(C)c(C)s3)oc12. The first-order valence-corrected chi connectivity index (χ1v) is 9.88. The summed E-state index contributed by atoms with van der Waals surface area (Å²) in [6, 6.07) is 7.92. The van der Waals surface area contributed by atoms with Gasteiger partial charge in [-0.3, -0.25) is 4.99 Å². The maximum absolute atomic E-state index is 6.06. The van der Waals surface area contributed by atoms with Crippen molar-refractivity contribution in [1.29, 1.82) is 0 Å². The summed E-state index contributed by atoms with van der Waals surface area (Å²) in [5, 5.41) is 8.76. The molecule has 0 spiro atoms. The van der Waals surface area contributed by atoms with E-state index >= 15 is 0 Å². The second-order valence-electron chi connectivity index (χ2n) is 6.30. The van der Waals surface area contributed by atoms with Crippen LogP contribution in [-0.4, -0.2) is 24.6 Å². The lowest BCUT2D eigenvalue weighted by Gasteiger charge is -2.15. The minimum Gasteiger partial charge on any atom is -0.490 e. The molecule has 0 bridgehead atoms. The van der Waals surface area contributed by atoms with E-state index in [1.165, 1.54) is 4.88 Å². The van der Waals surface area contributed by atoms with Crippen LogP contribution in [0.15, 0.2) is 33.7 Å². The average Bonchev–Trinajstić information content (AvgIpc) is 3.23. The number of hydrogen-bond donors (Lipinski definition) is 2. The molecule has 0 aliphatic heterocycles. The number of furan rings is 1. The van der Waals surface area contributed by atoms with E-state index < -0.39 is 0 Å². The quantitative estimate of drug-likeness (QED) is 0.487. The zero-order valence-corrected chi connectivity index (χ0v) is 17.2. The topological polar surface area (TPSA) is 71.7 Å². The molecule has 1 atom stereocenters. The van der Waals surface area contributed by atoms with Crippen molar-refractivity contribution in [3.05, 3.63) is 45.6 Å². The number of nitrogens with one attached hydrogen (secondary N) is 2. The summed E-state index contributed by atoms with van der Waals surface area (Å²) in [7, 11) is 1.76. The molecule has 0 aliphatic carbocycles. The van der Waals surface area contributed by atoms with Crippen molar-refractivity contribution < 1.29 is 9.15 Å². The number of aliphatic imine (C=N–C) groups is 1. The monoisotopic (exact) mass is 386 g/mol. The summed E-state index contributed by atoms with van der Waals surface area (Å²) in [6.45, 7) is 9.37. The fraction of sp³-hybridized carbons (Fsp3) is 0.400. The molecule has 6 nitrogen and oxygen atoms in total. The minimum atomic E-state index is -0.0437. The van der Waals surface area contributed by atoms with Crippen LogP contribution in [-0.2, 0) is 6.54 Å². The van der Waals surface area contributed by atoms with Gasteiger partial charge in [0.1, 0.15) is 10.8 Å². The van der Waals surface area contributed by atoms with E-state index in [9.17, 15) is 0 Å². The Morgan fingerprint density at radius 1 is 1.37 bits per heavy atom. The number of thiazole rings is 1. The van der Waals surface area contributed by atoms with Gasteiger partial charge in [0, 0.05) is 17.3 Å². The number of benzene rings is 1. The van der Waals surface area contributed by atoms with Crippen LogP contribution in [0.4, 0.5) is 0 Å². The zero-order chi connectivity index (χ0) is 19.4. The Balaban J connectivity index is 1.68. The fourth-order valence-electron chi connectivity index (χ4n) is 2.78. The smallest absolute Gasteiger partial charge is 0.191 e. The Morgan fingerprint density at radius 2 is 2.19 bits per heavy atom. The summed E-state index contributed by atoms with van der Waals surface area (Å²) in [5.41, 5.74) is 1.86. The highest BCUT2D eigenvalue weighted by Gasteiger charge is 2.15.